The minimum atomic E-state index is -1.18. The van der Waals surface area contributed by atoms with Gasteiger partial charge in [-0.25, -0.2) is 9.79 Å². The Balaban J connectivity index is 1.74. The van der Waals surface area contributed by atoms with Gasteiger partial charge in [0.2, 0.25) is 16.1 Å². The number of urea groups is 1. The maximum atomic E-state index is 13.5. The van der Waals surface area contributed by atoms with Crippen molar-refractivity contribution in [2.45, 2.75) is 11.3 Å². The Morgan fingerprint density at radius 1 is 0.912 bits per heavy atom. The van der Waals surface area contributed by atoms with Crippen LogP contribution < -0.4 is 20.3 Å². The molecule has 2 unspecified atom stereocenters. The van der Waals surface area contributed by atoms with E-state index in [9.17, 15) is 9.59 Å². The van der Waals surface area contributed by atoms with Gasteiger partial charge in [0.05, 0.1) is 6.26 Å². The molecule has 0 aliphatic carbocycles. The Labute approximate surface area is 198 Å². The second-order valence-corrected chi connectivity index (χ2v) is 9.30. The van der Waals surface area contributed by atoms with Crippen molar-refractivity contribution in [3.05, 3.63) is 116 Å². The smallest absolute Gasteiger partial charge is 0.324 e. The van der Waals surface area contributed by atoms with Crippen molar-refractivity contribution in [1.82, 2.24) is 14.5 Å². The number of rotatable bonds is 3. The number of amides is 2. The van der Waals surface area contributed by atoms with Gasteiger partial charge in [-0.1, -0.05) is 72.0 Å². The summed E-state index contributed by atoms with van der Waals surface area (Å²) in [4.78, 5) is 35.9. The van der Waals surface area contributed by atoms with Crippen molar-refractivity contribution in [1.29, 1.82) is 0 Å². The average Bonchev–Trinajstić information content (AvgIpc) is 3.54. The Morgan fingerprint density at radius 2 is 1.59 bits per heavy atom. The van der Waals surface area contributed by atoms with E-state index in [-0.39, 0.29) is 11.6 Å². The highest BCUT2D eigenvalue weighted by atomic mass is 32.1. The molecule has 2 aromatic heterocycles. The Hall–Kier alpha value is -4.11. The van der Waals surface area contributed by atoms with Gasteiger partial charge in [-0.05, 0) is 12.1 Å². The SMILES string of the molecule is CN1C(=O)N(C)C2(c3ccccc3)Nn3c(s/c(=C/c4ccco4)c3=O)=NC12c1ccccc1. The summed E-state index contributed by atoms with van der Waals surface area (Å²) in [6.07, 6.45) is 3.27. The number of carbonyl (C=O) groups excluding carboxylic acids is 1. The molecule has 1 saturated heterocycles. The number of carbonyl (C=O) groups is 1. The molecule has 2 aliphatic heterocycles. The maximum absolute atomic E-state index is 13.5. The van der Waals surface area contributed by atoms with Crippen LogP contribution in [0.5, 0.6) is 0 Å². The van der Waals surface area contributed by atoms with Crippen LogP contribution in [0.2, 0.25) is 0 Å². The third kappa shape index (κ3) is 2.50. The zero-order valence-electron chi connectivity index (χ0n) is 18.5. The second-order valence-electron chi connectivity index (χ2n) is 8.29. The van der Waals surface area contributed by atoms with Gasteiger partial charge in [-0.15, -0.1) is 0 Å². The molecule has 9 heteroatoms. The lowest BCUT2D eigenvalue weighted by Gasteiger charge is -2.49. The fourth-order valence-electron chi connectivity index (χ4n) is 5.02. The number of hydrogen-bond donors (Lipinski definition) is 1. The summed E-state index contributed by atoms with van der Waals surface area (Å²) in [6, 6.07) is 22.7. The zero-order valence-corrected chi connectivity index (χ0v) is 19.3. The van der Waals surface area contributed by atoms with Crippen LogP contribution in [0.3, 0.4) is 0 Å². The standard InChI is InChI=1S/C25H21N5O3S/c1-28-23(32)29(2)25(18-12-7-4-8-13-18)24(28,17-10-5-3-6-11-17)26-22-30(27-25)21(31)20(34-22)16-19-14-9-15-33-19/h3-16,27H,1-2H3/b20-16+. The molecule has 170 valence electrons. The molecule has 1 fully saturated rings. The lowest BCUT2D eigenvalue weighted by Crippen LogP contribution is -2.67. The van der Waals surface area contributed by atoms with Crippen molar-refractivity contribution in [2.75, 3.05) is 19.5 Å². The molecule has 2 aromatic carbocycles. The molecule has 0 radical (unpaired) electrons. The van der Waals surface area contributed by atoms with Gasteiger partial charge in [0.25, 0.3) is 5.56 Å². The lowest BCUT2D eigenvalue weighted by molar-refractivity contribution is 0.0648. The predicted molar refractivity (Wildman–Crippen MR) is 128 cm³/mol. The van der Waals surface area contributed by atoms with E-state index in [0.29, 0.717) is 15.1 Å². The van der Waals surface area contributed by atoms with Crippen molar-refractivity contribution < 1.29 is 9.21 Å². The first-order valence-corrected chi connectivity index (χ1v) is 11.6. The third-order valence-electron chi connectivity index (χ3n) is 6.59. The Morgan fingerprint density at radius 3 is 2.24 bits per heavy atom. The molecule has 1 N–H and O–H groups in total. The highest BCUT2D eigenvalue weighted by molar-refractivity contribution is 7.07. The van der Waals surface area contributed by atoms with Crippen molar-refractivity contribution in [2.24, 2.45) is 4.99 Å². The topological polar surface area (TPSA) is 83.1 Å². The molecule has 4 aromatic rings. The van der Waals surface area contributed by atoms with E-state index in [1.165, 1.54) is 16.0 Å². The second kappa shape index (κ2) is 7.19. The molecule has 2 atom stereocenters. The van der Waals surface area contributed by atoms with Crippen molar-refractivity contribution in [3.8, 4) is 0 Å². The third-order valence-corrected chi connectivity index (χ3v) is 7.56. The number of fused-ring (bicyclic) bond motifs is 2. The zero-order chi connectivity index (χ0) is 23.5. The first-order valence-electron chi connectivity index (χ1n) is 10.8. The fraction of sp³-hybridized carbons (Fsp3) is 0.160. The summed E-state index contributed by atoms with van der Waals surface area (Å²) >= 11 is 1.25. The summed E-state index contributed by atoms with van der Waals surface area (Å²) < 4.78 is 7.33. The van der Waals surface area contributed by atoms with E-state index in [2.05, 4.69) is 5.43 Å². The van der Waals surface area contributed by atoms with E-state index in [1.807, 2.05) is 60.7 Å². The number of likely N-dealkylation sites (N-methyl/N-ethyl adjacent to an activating group) is 2. The number of aromatic nitrogens is 1. The van der Waals surface area contributed by atoms with Crippen LogP contribution in [0, 0.1) is 0 Å². The van der Waals surface area contributed by atoms with Crippen molar-refractivity contribution in [3.63, 3.8) is 0 Å². The van der Waals surface area contributed by atoms with E-state index in [4.69, 9.17) is 9.41 Å². The number of nitrogens with zero attached hydrogens (tertiary/aromatic N) is 4. The van der Waals surface area contributed by atoms with Crippen LogP contribution in [-0.4, -0.2) is 34.6 Å². The van der Waals surface area contributed by atoms with E-state index >= 15 is 0 Å². The van der Waals surface area contributed by atoms with Crippen LogP contribution in [0.15, 0.2) is 93.3 Å². The van der Waals surface area contributed by atoms with E-state index < -0.39 is 11.3 Å². The quantitative estimate of drug-likeness (QED) is 0.497. The van der Waals surface area contributed by atoms with Gasteiger partial charge in [0.15, 0.2) is 0 Å². The molecule has 6 rings (SSSR count). The lowest BCUT2D eigenvalue weighted by atomic mass is 9.80. The molecule has 4 heterocycles. The molecule has 0 spiro atoms. The summed E-state index contributed by atoms with van der Waals surface area (Å²) in [6.45, 7) is 0. The minimum Gasteiger partial charge on any atom is -0.465 e. The Kier molecular flexibility index (Phi) is 4.34. The molecular formula is C25H21N5O3S. The van der Waals surface area contributed by atoms with Gasteiger partial charge < -0.3 is 4.42 Å². The predicted octanol–water partition coefficient (Wildman–Crippen LogP) is 2.21. The normalized spacial score (nSPS) is 23.9. The number of benzene rings is 2. The van der Waals surface area contributed by atoms with Gasteiger partial charge in [-0.3, -0.25) is 20.0 Å². The molecule has 0 saturated carbocycles. The number of furan rings is 1. The van der Waals surface area contributed by atoms with Gasteiger partial charge in [0, 0.05) is 31.3 Å². The van der Waals surface area contributed by atoms with Crippen LogP contribution >= 0.6 is 11.3 Å². The van der Waals surface area contributed by atoms with Crippen LogP contribution in [0.4, 0.5) is 4.79 Å². The first-order chi connectivity index (χ1) is 16.5. The minimum absolute atomic E-state index is 0.213. The van der Waals surface area contributed by atoms with Crippen molar-refractivity contribution >= 4 is 23.4 Å². The largest absolute Gasteiger partial charge is 0.465 e. The molecule has 0 bridgehead atoms. The van der Waals surface area contributed by atoms with Gasteiger partial charge >= 0.3 is 6.03 Å². The summed E-state index contributed by atoms with van der Waals surface area (Å²) in [5.74, 6) is 0.580. The maximum Gasteiger partial charge on any atom is 0.324 e. The fourth-order valence-corrected chi connectivity index (χ4v) is 5.97. The highest BCUT2D eigenvalue weighted by Gasteiger charge is 2.69. The number of thiazole rings is 1. The van der Waals surface area contributed by atoms with Crippen LogP contribution in [0.1, 0.15) is 16.9 Å². The van der Waals surface area contributed by atoms with E-state index in [1.54, 1.807) is 48.4 Å². The number of nitrogens with one attached hydrogen (secondary N) is 1. The van der Waals surface area contributed by atoms with Gasteiger partial charge in [0.1, 0.15) is 10.3 Å². The molecule has 34 heavy (non-hydrogen) atoms. The molecular weight excluding hydrogens is 450 g/mol. The molecule has 8 nitrogen and oxygen atoms in total. The first kappa shape index (κ1) is 20.5. The highest BCUT2D eigenvalue weighted by Crippen LogP contribution is 2.53. The van der Waals surface area contributed by atoms with E-state index in [0.717, 1.165) is 11.1 Å². The van der Waals surface area contributed by atoms with Crippen LogP contribution in [0.25, 0.3) is 6.08 Å². The summed E-state index contributed by atoms with van der Waals surface area (Å²) in [5, 5.41) is 0. The summed E-state index contributed by atoms with van der Waals surface area (Å²) in [7, 11) is 3.48. The molecule has 2 amide bonds. The Bertz CT molecular complexity index is 1560. The summed E-state index contributed by atoms with van der Waals surface area (Å²) in [5.41, 5.74) is 2.48. The van der Waals surface area contributed by atoms with Crippen LogP contribution in [-0.2, 0) is 11.3 Å². The monoisotopic (exact) mass is 471 g/mol. The average molecular weight is 472 g/mol. The van der Waals surface area contributed by atoms with Gasteiger partial charge in [-0.2, -0.15) is 4.68 Å². The molecule has 2 aliphatic rings. The number of hydrogen-bond acceptors (Lipinski definition) is 6.